The second-order valence-electron chi connectivity index (χ2n) is 5.09. The van der Waals surface area contributed by atoms with Gasteiger partial charge in [-0.3, -0.25) is 9.63 Å². The van der Waals surface area contributed by atoms with Crippen molar-refractivity contribution in [3.63, 3.8) is 0 Å². The molecule has 0 saturated carbocycles. The van der Waals surface area contributed by atoms with E-state index in [0.717, 1.165) is 17.7 Å². The lowest BCUT2D eigenvalue weighted by atomic mass is 10.1. The lowest BCUT2D eigenvalue weighted by Gasteiger charge is -2.18. The Morgan fingerprint density at radius 3 is 2.65 bits per heavy atom. The van der Waals surface area contributed by atoms with E-state index >= 15 is 0 Å². The van der Waals surface area contributed by atoms with Gasteiger partial charge in [0.25, 0.3) is 5.91 Å². The molecule has 4 heteroatoms. The first-order valence-electron chi connectivity index (χ1n) is 5.91. The monoisotopic (exact) mass is 255 g/mol. The fraction of sp³-hybridized carbons (Fsp3) is 0.615. The van der Waals surface area contributed by atoms with E-state index < -0.39 is 0 Å². The van der Waals surface area contributed by atoms with Crippen LogP contribution in [-0.2, 0) is 11.3 Å². The molecule has 0 radical (unpaired) electrons. The predicted molar refractivity (Wildman–Crippen MR) is 71.4 cm³/mol. The van der Waals surface area contributed by atoms with Crippen LogP contribution in [0.15, 0.2) is 6.07 Å². The molecule has 0 atom stereocenters. The summed E-state index contributed by atoms with van der Waals surface area (Å²) in [7, 11) is 0. The zero-order valence-corrected chi connectivity index (χ0v) is 12.0. The van der Waals surface area contributed by atoms with E-state index in [4.69, 9.17) is 4.84 Å². The van der Waals surface area contributed by atoms with Crippen LogP contribution in [-0.4, -0.2) is 11.5 Å². The van der Waals surface area contributed by atoms with Gasteiger partial charge in [-0.25, -0.2) is 5.48 Å². The Morgan fingerprint density at radius 1 is 1.47 bits per heavy atom. The highest BCUT2D eigenvalue weighted by atomic mass is 32.1. The van der Waals surface area contributed by atoms with Crippen molar-refractivity contribution in [2.45, 2.75) is 53.1 Å². The van der Waals surface area contributed by atoms with Crippen LogP contribution in [0.2, 0.25) is 0 Å². The number of carbonyl (C=O) groups excluding carboxylic acids is 1. The first kappa shape index (κ1) is 14.2. The van der Waals surface area contributed by atoms with Gasteiger partial charge in [-0.1, -0.05) is 13.3 Å². The Labute approximate surface area is 107 Å². The van der Waals surface area contributed by atoms with E-state index in [9.17, 15) is 4.79 Å². The second-order valence-corrected chi connectivity index (χ2v) is 6.34. The predicted octanol–water partition coefficient (Wildman–Crippen LogP) is 3.47. The van der Waals surface area contributed by atoms with Crippen molar-refractivity contribution in [1.82, 2.24) is 5.48 Å². The molecule has 0 aliphatic rings. The van der Waals surface area contributed by atoms with Gasteiger partial charge in [-0.15, -0.1) is 11.3 Å². The van der Waals surface area contributed by atoms with Crippen molar-refractivity contribution in [2.24, 2.45) is 0 Å². The van der Waals surface area contributed by atoms with Crippen molar-refractivity contribution in [2.75, 3.05) is 0 Å². The summed E-state index contributed by atoms with van der Waals surface area (Å²) in [6.45, 7) is 9.89. The van der Waals surface area contributed by atoms with Gasteiger partial charge in [0.2, 0.25) is 0 Å². The van der Waals surface area contributed by atoms with Crippen LogP contribution in [0.5, 0.6) is 0 Å². The largest absolute Gasteiger partial charge is 0.284 e. The molecule has 1 heterocycles. The number of amides is 1. The molecule has 0 spiro atoms. The van der Waals surface area contributed by atoms with Crippen molar-refractivity contribution in [1.29, 1.82) is 0 Å². The van der Waals surface area contributed by atoms with Crippen LogP contribution in [0, 0.1) is 6.92 Å². The second kappa shape index (κ2) is 5.65. The van der Waals surface area contributed by atoms with Crippen molar-refractivity contribution < 1.29 is 9.63 Å². The number of nitrogens with one attached hydrogen (secondary N) is 1. The SMILES string of the molecule is CCCc1cc(C(=O)NOC(C)(C)C)sc1C. The van der Waals surface area contributed by atoms with E-state index in [1.807, 2.05) is 26.8 Å². The Kier molecular flexibility index (Phi) is 4.71. The molecule has 0 fully saturated rings. The third-order valence-corrected chi connectivity index (χ3v) is 3.31. The molecule has 1 N–H and O–H groups in total. The zero-order chi connectivity index (χ0) is 13.1. The number of carbonyl (C=O) groups is 1. The van der Waals surface area contributed by atoms with Gasteiger partial charge in [0.05, 0.1) is 10.5 Å². The van der Waals surface area contributed by atoms with Gasteiger partial charge in [-0.2, -0.15) is 0 Å². The quantitative estimate of drug-likeness (QED) is 0.837. The highest BCUT2D eigenvalue weighted by Crippen LogP contribution is 2.22. The third kappa shape index (κ3) is 4.48. The summed E-state index contributed by atoms with van der Waals surface area (Å²) in [5, 5.41) is 0. The highest BCUT2D eigenvalue weighted by Gasteiger charge is 2.16. The molecular weight excluding hydrogens is 234 g/mol. The Hall–Kier alpha value is -0.870. The van der Waals surface area contributed by atoms with Crippen LogP contribution in [0.4, 0.5) is 0 Å². The number of aryl methyl sites for hydroxylation is 2. The first-order chi connectivity index (χ1) is 7.83. The molecule has 1 rings (SSSR count). The smallest absolute Gasteiger partial charge is 0.268 e. The fourth-order valence-corrected chi connectivity index (χ4v) is 2.36. The van der Waals surface area contributed by atoms with E-state index in [2.05, 4.69) is 19.3 Å². The minimum Gasteiger partial charge on any atom is -0.268 e. The normalized spacial score (nSPS) is 11.6. The average molecular weight is 255 g/mol. The fourth-order valence-electron chi connectivity index (χ4n) is 1.40. The summed E-state index contributed by atoms with van der Waals surface area (Å²) in [6.07, 6.45) is 2.12. The Balaban J connectivity index is 2.66. The molecule has 0 aliphatic carbocycles. The van der Waals surface area contributed by atoms with Crippen LogP contribution in [0.3, 0.4) is 0 Å². The summed E-state index contributed by atoms with van der Waals surface area (Å²) < 4.78 is 0. The number of hydrogen-bond donors (Lipinski definition) is 1. The van der Waals surface area contributed by atoms with Crippen molar-refractivity contribution in [3.8, 4) is 0 Å². The molecule has 0 bridgehead atoms. The summed E-state index contributed by atoms with van der Waals surface area (Å²) in [5.74, 6) is -0.157. The lowest BCUT2D eigenvalue weighted by Crippen LogP contribution is -2.33. The Bertz CT molecular complexity index is 391. The summed E-state index contributed by atoms with van der Waals surface area (Å²) >= 11 is 1.52. The molecule has 1 aromatic rings. The van der Waals surface area contributed by atoms with Gasteiger partial charge in [0.15, 0.2) is 0 Å². The van der Waals surface area contributed by atoms with E-state index in [1.54, 1.807) is 0 Å². The third-order valence-electron chi connectivity index (χ3n) is 2.21. The zero-order valence-electron chi connectivity index (χ0n) is 11.2. The van der Waals surface area contributed by atoms with Gasteiger partial charge < -0.3 is 0 Å². The molecule has 0 unspecified atom stereocenters. The standard InChI is InChI=1S/C13H21NO2S/c1-6-7-10-8-11(17-9(10)2)12(15)14-16-13(3,4)5/h8H,6-7H2,1-5H3,(H,14,15). The molecule has 0 aliphatic heterocycles. The van der Waals surface area contributed by atoms with Crippen LogP contribution < -0.4 is 5.48 Å². The number of rotatable bonds is 4. The minimum absolute atomic E-state index is 0.157. The maximum atomic E-state index is 11.8. The molecule has 3 nitrogen and oxygen atoms in total. The molecule has 1 aromatic heterocycles. The molecule has 0 saturated heterocycles. The maximum Gasteiger partial charge on any atom is 0.284 e. The molecule has 0 aromatic carbocycles. The molecule has 96 valence electrons. The van der Waals surface area contributed by atoms with Gasteiger partial charge in [0.1, 0.15) is 0 Å². The highest BCUT2D eigenvalue weighted by molar-refractivity contribution is 7.14. The summed E-state index contributed by atoms with van der Waals surface area (Å²) in [5.41, 5.74) is 3.39. The van der Waals surface area contributed by atoms with Crippen molar-refractivity contribution >= 4 is 17.2 Å². The number of hydroxylamine groups is 1. The molecule has 1 amide bonds. The number of hydrogen-bond acceptors (Lipinski definition) is 3. The van der Waals surface area contributed by atoms with Gasteiger partial charge in [0, 0.05) is 4.88 Å². The lowest BCUT2D eigenvalue weighted by molar-refractivity contribution is -0.0588. The van der Waals surface area contributed by atoms with Crippen LogP contribution in [0.1, 0.15) is 54.2 Å². The summed E-state index contributed by atoms with van der Waals surface area (Å²) in [4.78, 5) is 19.0. The summed E-state index contributed by atoms with van der Waals surface area (Å²) in [6, 6.07) is 1.96. The minimum atomic E-state index is -0.367. The van der Waals surface area contributed by atoms with Crippen LogP contribution in [0.25, 0.3) is 0 Å². The van der Waals surface area contributed by atoms with E-state index in [1.165, 1.54) is 21.8 Å². The van der Waals surface area contributed by atoms with E-state index in [-0.39, 0.29) is 11.5 Å². The van der Waals surface area contributed by atoms with Gasteiger partial charge >= 0.3 is 0 Å². The topological polar surface area (TPSA) is 38.3 Å². The van der Waals surface area contributed by atoms with Crippen molar-refractivity contribution in [3.05, 3.63) is 21.4 Å². The molecule has 17 heavy (non-hydrogen) atoms. The number of thiophene rings is 1. The van der Waals surface area contributed by atoms with Crippen LogP contribution >= 0.6 is 11.3 Å². The Morgan fingerprint density at radius 2 is 2.12 bits per heavy atom. The van der Waals surface area contributed by atoms with Gasteiger partial charge in [-0.05, 0) is 45.7 Å². The average Bonchev–Trinajstić information content (AvgIpc) is 2.57. The first-order valence-corrected chi connectivity index (χ1v) is 6.73. The van der Waals surface area contributed by atoms with E-state index in [0.29, 0.717) is 0 Å². The molecular formula is C13H21NO2S. The maximum absolute atomic E-state index is 11.8.